The number of hydrogen-bond donors (Lipinski definition) is 1. The highest BCUT2D eigenvalue weighted by Crippen LogP contribution is 2.44. The van der Waals surface area contributed by atoms with Gasteiger partial charge >= 0.3 is 5.97 Å². The van der Waals surface area contributed by atoms with Gasteiger partial charge in [0.25, 0.3) is 0 Å². The molecule has 0 saturated carbocycles. The van der Waals surface area contributed by atoms with Gasteiger partial charge in [-0.15, -0.1) is 0 Å². The minimum absolute atomic E-state index is 0.220. The summed E-state index contributed by atoms with van der Waals surface area (Å²) in [5.74, 6) is -1.60. The second kappa shape index (κ2) is 6.15. The molecule has 0 unspecified atom stereocenters. The first-order valence-corrected chi connectivity index (χ1v) is 8.32. The summed E-state index contributed by atoms with van der Waals surface area (Å²) in [6.45, 7) is 3.75. The maximum atomic E-state index is 12.8. The smallest absolute Gasteiger partial charge is 0.368 e. The van der Waals surface area contributed by atoms with Crippen molar-refractivity contribution in [2.75, 3.05) is 20.8 Å². The van der Waals surface area contributed by atoms with Gasteiger partial charge in [-0.3, -0.25) is 14.5 Å². The van der Waals surface area contributed by atoms with E-state index < -0.39 is 23.3 Å². The van der Waals surface area contributed by atoms with Crippen molar-refractivity contribution in [3.8, 4) is 5.75 Å². The average molecular weight is 347 g/mol. The molecule has 2 N–H and O–H groups in total. The molecule has 2 heterocycles. The number of nitrogens with zero attached hydrogens (tertiary/aromatic N) is 1. The Morgan fingerprint density at radius 2 is 1.84 bits per heavy atom. The Labute approximate surface area is 146 Å². The first kappa shape index (κ1) is 17.4. The fraction of sp³-hybridized carbons (Fsp3) is 0.500. The molecule has 0 radical (unpaired) electrons. The van der Waals surface area contributed by atoms with Crippen LogP contribution in [0.4, 0.5) is 0 Å². The molecule has 4 atom stereocenters. The first-order chi connectivity index (χ1) is 11.9. The first-order valence-electron chi connectivity index (χ1n) is 8.32. The van der Waals surface area contributed by atoms with Crippen LogP contribution in [-0.2, 0) is 19.1 Å². The third-order valence-electron chi connectivity index (χ3n) is 5.44. The molecule has 2 amide bonds. The Morgan fingerprint density at radius 1 is 1.20 bits per heavy atom. The Balaban J connectivity index is 2.06. The fourth-order valence-electron chi connectivity index (χ4n) is 4.18. The van der Waals surface area contributed by atoms with Crippen molar-refractivity contribution in [3.63, 3.8) is 0 Å². The quantitative estimate of drug-likeness (QED) is 0.605. The van der Waals surface area contributed by atoms with E-state index in [0.717, 1.165) is 5.56 Å². The number of ether oxygens (including phenoxy) is 2. The van der Waals surface area contributed by atoms with E-state index in [9.17, 15) is 14.4 Å². The largest absolute Gasteiger partial charge is 0.497 e. The average Bonchev–Trinajstić information content (AvgIpc) is 3.08. The molecular weight excluding hydrogens is 324 g/mol. The molecule has 134 valence electrons. The molecule has 3 rings (SSSR count). The fourth-order valence-corrected chi connectivity index (χ4v) is 4.18. The van der Waals surface area contributed by atoms with Crippen LogP contribution in [0.2, 0.25) is 0 Å². The van der Waals surface area contributed by atoms with Gasteiger partial charge in [0.15, 0.2) is 0 Å². The highest BCUT2D eigenvalue weighted by atomic mass is 16.5. The summed E-state index contributed by atoms with van der Waals surface area (Å²) in [5, 5.41) is 1.80. The number of amides is 2. The number of nitrogens with two attached hydrogens (primary N) is 1. The number of carbonyl (C=O) groups is 3. The molecule has 0 aliphatic carbocycles. The molecule has 2 saturated heterocycles. The highest BCUT2D eigenvalue weighted by molar-refractivity contribution is 6.08. The monoisotopic (exact) mass is 347 g/mol. The van der Waals surface area contributed by atoms with Crippen molar-refractivity contribution >= 4 is 17.8 Å². The molecule has 7 heteroatoms. The number of likely N-dealkylation sites (tertiary alicyclic amines) is 1. The number of quaternary nitrogens is 1. The molecule has 2 aliphatic heterocycles. The normalized spacial score (nSPS) is 31.2. The van der Waals surface area contributed by atoms with Crippen LogP contribution in [0.25, 0.3) is 0 Å². The van der Waals surface area contributed by atoms with Crippen LogP contribution in [0.15, 0.2) is 24.3 Å². The molecule has 0 aromatic heterocycles. The SMILES string of the molecule is CCN1C(=O)[C@@H]2[C@@H](c3ccc(OC)cc3)[NH2+][C@@](C)(C(=O)OC)[C@@H]2C1=O. The van der Waals surface area contributed by atoms with Crippen LogP contribution in [0.3, 0.4) is 0 Å². The molecule has 0 bridgehead atoms. The second-order valence-electron chi connectivity index (χ2n) is 6.66. The van der Waals surface area contributed by atoms with Gasteiger partial charge in [-0.25, -0.2) is 4.79 Å². The topological polar surface area (TPSA) is 89.5 Å². The van der Waals surface area contributed by atoms with Crippen LogP contribution in [0.1, 0.15) is 25.5 Å². The number of esters is 1. The van der Waals surface area contributed by atoms with Gasteiger partial charge in [0.1, 0.15) is 23.6 Å². The summed E-state index contributed by atoms with van der Waals surface area (Å²) in [5.41, 5.74) is -0.247. The van der Waals surface area contributed by atoms with Crippen LogP contribution < -0.4 is 10.1 Å². The molecular formula is C18H23N2O5+. The lowest BCUT2D eigenvalue weighted by Crippen LogP contribution is -2.97. The van der Waals surface area contributed by atoms with Gasteiger partial charge in [0.05, 0.1) is 14.2 Å². The van der Waals surface area contributed by atoms with Crippen LogP contribution in [0, 0.1) is 11.8 Å². The van der Waals surface area contributed by atoms with Gasteiger partial charge in [0, 0.05) is 19.0 Å². The number of carbonyl (C=O) groups excluding carboxylic acids is 3. The number of hydrogen-bond acceptors (Lipinski definition) is 5. The van der Waals surface area contributed by atoms with Gasteiger partial charge in [0.2, 0.25) is 17.4 Å². The van der Waals surface area contributed by atoms with E-state index in [2.05, 4.69) is 0 Å². The molecule has 25 heavy (non-hydrogen) atoms. The van der Waals surface area contributed by atoms with E-state index in [1.807, 2.05) is 24.3 Å². The maximum absolute atomic E-state index is 12.8. The zero-order valence-electron chi connectivity index (χ0n) is 14.8. The third kappa shape index (κ3) is 2.41. The number of fused-ring (bicyclic) bond motifs is 1. The van der Waals surface area contributed by atoms with Crippen molar-refractivity contribution in [2.45, 2.75) is 25.4 Å². The summed E-state index contributed by atoms with van der Waals surface area (Å²) < 4.78 is 10.1. The molecule has 1 aromatic carbocycles. The Bertz CT molecular complexity index is 717. The van der Waals surface area contributed by atoms with E-state index in [1.165, 1.54) is 12.0 Å². The molecule has 1 aromatic rings. The standard InChI is InChI=1S/C18H22N2O5/c1-5-20-15(21)12-13(16(20)22)18(2,17(23)25-4)19-14(12)10-6-8-11(24-3)9-7-10/h6-9,12-14,19H,5H2,1-4H3/p+1/t12-,13-,14+,18+/m0/s1. The zero-order valence-corrected chi connectivity index (χ0v) is 14.8. The summed E-state index contributed by atoms with van der Waals surface area (Å²) in [6.07, 6.45) is 0. The molecule has 2 aliphatic rings. The minimum atomic E-state index is -1.12. The van der Waals surface area contributed by atoms with Crippen LogP contribution >= 0.6 is 0 Å². The van der Waals surface area contributed by atoms with Gasteiger partial charge in [-0.05, 0) is 31.2 Å². The third-order valence-corrected chi connectivity index (χ3v) is 5.44. The predicted molar refractivity (Wildman–Crippen MR) is 87.5 cm³/mol. The molecule has 0 spiro atoms. The van der Waals surface area contributed by atoms with Crippen LogP contribution in [-0.4, -0.2) is 49.0 Å². The van der Waals surface area contributed by atoms with Crippen molar-refractivity contribution in [2.24, 2.45) is 11.8 Å². The molecule has 2 fully saturated rings. The van der Waals surface area contributed by atoms with Crippen molar-refractivity contribution < 1.29 is 29.2 Å². The van der Waals surface area contributed by atoms with E-state index in [4.69, 9.17) is 9.47 Å². The van der Waals surface area contributed by atoms with Crippen molar-refractivity contribution in [3.05, 3.63) is 29.8 Å². The number of imide groups is 1. The second-order valence-corrected chi connectivity index (χ2v) is 6.66. The van der Waals surface area contributed by atoms with Crippen molar-refractivity contribution in [1.29, 1.82) is 0 Å². The van der Waals surface area contributed by atoms with Crippen molar-refractivity contribution in [1.82, 2.24) is 4.90 Å². The van der Waals surface area contributed by atoms with E-state index in [0.29, 0.717) is 12.3 Å². The van der Waals surface area contributed by atoms with E-state index in [1.54, 1.807) is 26.3 Å². The Hall–Kier alpha value is -2.41. The highest BCUT2D eigenvalue weighted by Gasteiger charge is 2.70. The number of rotatable bonds is 4. The van der Waals surface area contributed by atoms with E-state index in [-0.39, 0.29) is 17.9 Å². The van der Waals surface area contributed by atoms with E-state index >= 15 is 0 Å². The zero-order chi connectivity index (χ0) is 18.4. The predicted octanol–water partition coefficient (Wildman–Crippen LogP) is -0.134. The minimum Gasteiger partial charge on any atom is -0.497 e. The van der Waals surface area contributed by atoms with Crippen LogP contribution in [0.5, 0.6) is 5.75 Å². The lowest BCUT2D eigenvalue weighted by Gasteiger charge is -2.25. The van der Waals surface area contributed by atoms with Gasteiger partial charge in [-0.2, -0.15) is 0 Å². The summed E-state index contributed by atoms with van der Waals surface area (Å²) >= 11 is 0. The number of benzene rings is 1. The Kier molecular flexibility index (Phi) is 4.28. The summed E-state index contributed by atoms with van der Waals surface area (Å²) in [6, 6.07) is 7.03. The lowest BCUT2D eigenvalue weighted by molar-refractivity contribution is -0.731. The Morgan fingerprint density at radius 3 is 2.36 bits per heavy atom. The molecule has 7 nitrogen and oxygen atoms in total. The summed E-state index contributed by atoms with van der Waals surface area (Å²) in [7, 11) is 2.88. The van der Waals surface area contributed by atoms with Gasteiger partial charge in [-0.1, -0.05) is 0 Å². The number of methoxy groups -OCH3 is 2. The summed E-state index contributed by atoms with van der Waals surface area (Å²) in [4.78, 5) is 39.3. The van der Waals surface area contributed by atoms with Gasteiger partial charge < -0.3 is 14.8 Å². The lowest BCUT2D eigenvalue weighted by atomic mass is 9.80. The maximum Gasteiger partial charge on any atom is 0.368 e.